The van der Waals surface area contributed by atoms with Crippen molar-refractivity contribution in [2.45, 2.75) is 32.2 Å². The molecule has 0 aliphatic carbocycles. The standard InChI is InChI=1S/C19H25N5O/c1-15-4-2-5-16(14-15)6-11-22-19(25)23-17-7-12-24(13-8-17)18-20-9-3-10-21-18/h2-5,9-10,14,17H,6-8,11-13H2,1H3,(H2,22,23,25). The molecule has 1 saturated heterocycles. The van der Waals surface area contributed by atoms with Gasteiger partial charge in [0.15, 0.2) is 0 Å². The monoisotopic (exact) mass is 339 g/mol. The third-order valence-electron chi connectivity index (χ3n) is 4.45. The fourth-order valence-corrected chi connectivity index (χ4v) is 3.10. The lowest BCUT2D eigenvalue weighted by molar-refractivity contribution is 0.234. The van der Waals surface area contributed by atoms with Crippen molar-refractivity contribution >= 4 is 12.0 Å². The number of hydrogen-bond acceptors (Lipinski definition) is 4. The van der Waals surface area contributed by atoms with E-state index in [0.29, 0.717) is 6.54 Å². The minimum atomic E-state index is -0.0814. The zero-order valence-electron chi connectivity index (χ0n) is 14.6. The van der Waals surface area contributed by atoms with Gasteiger partial charge in [0.2, 0.25) is 5.95 Å². The number of piperidine rings is 1. The van der Waals surface area contributed by atoms with Crippen LogP contribution in [-0.4, -0.2) is 41.7 Å². The molecule has 2 heterocycles. The van der Waals surface area contributed by atoms with Crippen molar-refractivity contribution in [3.8, 4) is 0 Å². The first-order valence-corrected chi connectivity index (χ1v) is 8.82. The van der Waals surface area contributed by atoms with Crippen LogP contribution >= 0.6 is 0 Å². The molecule has 2 amide bonds. The lowest BCUT2D eigenvalue weighted by Gasteiger charge is -2.32. The highest BCUT2D eigenvalue weighted by Gasteiger charge is 2.21. The van der Waals surface area contributed by atoms with Crippen LogP contribution in [0.1, 0.15) is 24.0 Å². The quantitative estimate of drug-likeness (QED) is 0.877. The summed E-state index contributed by atoms with van der Waals surface area (Å²) < 4.78 is 0. The number of aromatic nitrogens is 2. The van der Waals surface area contributed by atoms with Gasteiger partial charge in [-0.25, -0.2) is 14.8 Å². The van der Waals surface area contributed by atoms with Gasteiger partial charge in [-0.05, 0) is 37.8 Å². The fourth-order valence-electron chi connectivity index (χ4n) is 3.10. The summed E-state index contributed by atoms with van der Waals surface area (Å²) >= 11 is 0. The van der Waals surface area contributed by atoms with Crippen LogP contribution in [-0.2, 0) is 6.42 Å². The number of amides is 2. The maximum absolute atomic E-state index is 12.1. The summed E-state index contributed by atoms with van der Waals surface area (Å²) in [5, 5.41) is 6.02. The maximum atomic E-state index is 12.1. The Bertz CT molecular complexity index is 683. The predicted octanol–water partition coefficient (Wildman–Crippen LogP) is 2.30. The van der Waals surface area contributed by atoms with E-state index in [1.54, 1.807) is 12.4 Å². The van der Waals surface area contributed by atoms with Crippen molar-refractivity contribution in [1.82, 2.24) is 20.6 Å². The van der Waals surface area contributed by atoms with Crippen molar-refractivity contribution < 1.29 is 4.79 Å². The molecule has 2 N–H and O–H groups in total. The summed E-state index contributed by atoms with van der Waals surface area (Å²) in [5.41, 5.74) is 2.49. The smallest absolute Gasteiger partial charge is 0.315 e. The van der Waals surface area contributed by atoms with Crippen molar-refractivity contribution in [3.63, 3.8) is 0 Å². The van der Waals surface area contributed by atoms with Gasteiger partial charge in [0.05, 0.1) is 0 Å². The molecular formula is C19H25N5O. The molecule has 6 heteroatoms. The van der Waals surface area contributed by atoms with E-state index in [1.165, 1.54) is 11.1 Å². The van der Waals surface area contributed by atoms with Crippen LogP contribution in [0, 0.1) is 6.92 Å². The first kappa shape index (κ1) is 17.2. The van der Waals surface area contributed by atoms with Gasteiger partial charge in [-0.3, -0.25) is 0 Å². The second-order valence-corrected chi connectivity index (χ2v) is 6.45. The Balaban J connectivity index is 1.36. The lowest BCUT2D eigenvalue weighted by atomic mass is 10.1. The number of carbonyl (C=O) groups excluding carboxylic acids is 1. The van der Waals surface area contributed by atoms with E-state index >= 15 is 0 Å². The molecule has 0 bridgehead atoms. The number of nitrogens with zero attached hydrogens (tertiary/aromatic N) is 3. The number of aryl methyl sites for hydroxylation is 1. The molecule has 25 heavy (non-hydrogen) atoms. The van der Waals surface area contributed by atoms with Gasteiger partial charge >= 0.3 is 6.03 Å². The molecule has 1 aliphatic rings. The minimum absolute atomic E-state index is 0.0814. The molecular weight excluding hydrogens is 314 g/mol. The number of carbonyl (C=O) groups is 1. The Hall–Kier alpha value is -2.63. The summed E-state index contributed by atoms with van der Waals surface area (Å²) in [6, 6.07) is 10.3. The van der Waals surface area contributed by atoms with Gasteiger partial charge < -0.3 is 15.5 Å². The second kappa shape index (κ2) is 8.46. The van der Waals surface area contributed by atoms with Crippen molar-refractivity contribution in [2.24, 2.45) is 0 Å². The summed E-state index contributed by atoms with van der Waals surface area (Å²) in [6.45, 7) is 4.44. The van der Waals surface area contributed by atoms with Crippen LogP contribution in [0.3, 0.4) is 0 Å². The maximum Gasteiger partial charge on any atom is 0.315 e. The largest absolute Gasteiger partial charge is 0.341 e. The van der Waals surface area contributed by atoms with Crippen LogP contribution in [0.25, 0.3) is 0 Å². The highest BCUT2D eigenvalue weighted by atomic mass is 16.2. The molecule has 1 aliphatic heterocycles. The molecule has 3 rings (SSSR count). The van der Waals surface area contributed by atoms with Gasteiger partial charge in [0.1, 0.15) is 0 Å². The Morgan fingerprint density at radius 2 is 1.96 bits per heavy atom. The van der Waals surface area contributed by atoms with E-state index < -0.39 is 0 Å². The van der Waals surface area contributed by atoms with E-state index in [4.69, 9.17) is 0 Å². The van der Waals surface area contributed by atoms with Crippen LogP contribution < -0.4 is 15.5 Å². The number of rotatable bonds is 5. The molecule has 1 aromatic heterocycles. The zero-order valence-corrected chi connectivity index (χ0v) is 14.6. The van der Waals surface area contributed by atoms with Gasteiger partial charge in [0, 0.05) is 38.1 Å². The number of nitrogens with one attached hydrogen (secondary N) is 2. The molecule has 0 atom stereocenters. The second-order valence-electron chi connectivity index (χ2n) is 6.45. The topological polar surface area (TPSA) is 70.2 Å². The molecule has 0 radical (unpaired) electrons. The summed E-state index contributed by atoms with van der Waals surface area (Å²) in [6.07, 6.45) is 6.18. The molecule has 132 valence electrons. The van der Waals surface area contributed by atoms with Gasteiger partial charge in [-0.2, -0.15) is 0 Å². The van der Waals surface area contributed by atoms with Gasteiger partial charge in [-0.15, -0.1) is 0 Å². The molecule has 0 unspecified atom stereocenters. The van der Waals surface area contributed by atoms with Gasteiger partial charge in [0.25, 0.3) is 0 Å². The molecule has 0 spiro atoms. The van der Waals surface area contributed by atoms with Gasteiger partial charge in [-0.1, -0.05) is 29.8 Å². The SMILES string of the molecule is Cc1cccc(CCNC(=O)NC2CCN(c3ncccn3)CC2)c1. The number of urea groups is 1. The normalized spacial score (nSPS) is 15.0. The lowest BCUT2D eigenvalue weighted by Crippen LogP contribution is -2.48. The Kier molecular flexibility index (Phi) is 5.82. The van der Waals surface area contributed by atoms with Crippen LogP contribution in [0.2, 0.25) is 0 Å². The summed E-state index contributed by atoms with van der Waals surface area (Å²) in [4.78, 5) is 22.8. The van der Waals surface area contributed by atoms with Crippen molar-refractivity contribution in [3.05, 3.63) is 53.9 Å². The third kappa shape index (κ3) is 5.17. The van der Waals surface area contributed by atoms with Crippen molar-refractivity contribution in [1.29, 1.82) is 0 Å². The van der Waals surface area contributed by atoms with E-state index in [2.05, 4.69) is 56.7 Å². The Morgan fingerprint density at radius 1 is 1.20 bits per heavy atom. The number of anilines is 1. The van der Waals surface area contributed by atoms with E-state index in [0.717, 1.165) is 38.3 Å². The minimum Gasteiger partial charge on any atom is -0.341 e. The van der Waals surface area contributed by atoms with E-state index in [-0.39, 0.29) is 12.1 Å². The van der Waals surface area contributed by atoms with E-state index in [1.807, 2.05) is 6.07 Å². The predicted molar refractivity (Wildman–Crippen MR) is 98.7 cm³/mol. The molecule has 0 saturated carbocycles. The average molecular weight is 339 g/mol. The van der Waals surface area contributed by atoms with Crippen LogP contribution in [0.5, 0.6) is 0 Å². The summed E-state index contributed by atoms with van der Waals surface area (Å²) in [7, 11) is 0. The third-order valence-corrected chi connectivity index (χ3v) is 4.45. The first-order valence-electron chi connectivity index (χ1n) is 8.82. The Labute approximate surface area is 148 Å². The molecule has 1 fully saturated rings. The average Bonchev–Trinajstić information content (AvgIpc) is 2.63. The molecule has 6 nitrogen and oxygen atoms in total. The van der Waals surface area contributed by atoms with Crippen LogP contribution in [0.4, 0.5) is 10.7 Å². The summed E-state index contributed by atoms with van der Waals surface area (Å²) in [5.74, 6) is 0.767. The molecule has 2 aromatic rings. The molecule has 1 aromatic carbocycles. The fraction of sp³-hybridized carbons (Fsp3) is 0.421. The number of benzene rings is 1. The first-order chi connectivity index (χ1) is 12.2. The van der Waals surface area contributed by atoms with Crippen LogP contribution in [0.15, 0.2) is 42.7 Å². The Morgan fingerprint density at radius 3 is 2.68 bits per heavy atom. The highest BCUT2D eigenvalue weighted by molar-refractivity contribution is 5.74. The van der Waals surface area contributed by atoms with Crippen molar-refractivity contribution in [2.75, 3.05) is 24.5 Å². The van der Waals surface area contributed by atoms with E-state index in [9.17, 15) is 4.79 Å². The highest BCUT2D eigenvalue weighted by Crippen LogP contribution is 2.15. The number of hydrogen-bond donors (Lipinski definition) is 2. The zero-order chi connectivity index (χ0) is 17.5.